The molecule has 0 N–H and O–H groups in total. The van der Waals surface area contributed by atoms with Crippen molar-refractivity contribution in [2.45, 2.75) is 63.0 Å². The van der Waals surface area contributed by atoms with Gasteiger partial charge in [-0.1, -0.05) is 31.4 Å². The zero-order chi connectivity index (χ0) is 26.6. The molecular formula is C28H33F6N2O. The largest absolute Gasteiger partial charge is 0.497 e. The normalized spacial score (nSPS) is 19.6. The molecule has 3 nitrogen and oxygen atoms in total. The van der Waals surface area contributed by atoms with Crippen LogP contribution in [-0.4, -0.2) is 49.1 Å². The number of alkyl halides is 6. The topological polar surface area (TPSA) is 15.7 Å². The second kappa shape index (κ2) is 11.6. The maximum atomic E-state index is 13.4. The fourth-order valence-corrected chi connectivity index (χ4v) is 5.53. The van der Waals surface area contributed by atoms with E-state index in [9.17, 15) is 26.3 Å². The summed E-state index contributed by atoms with van der Waals surface area (Å²) < 4.78 is 85.5. The van der Waals surface area contributed by atoms with Crippen molar-refractivity contribution in [2.75, 3.05) is 33.3 Å². The molecule has 1 radical (unpaired) electrons. The lowest BCUT2D eigenvalue weighted by molar-refractivity contribution is -0.143. The van der Waals surface area contributed by atoms with E-state index in [0.717, 1.165) is 43.9 Å². The third-order valence-corrected chi connectivity index (χ3v) is 7.49. The molecular weight excluding hydrogens is 494 g/mol. The smallest absolute Gasteiger partial charge is 0.416 e. The van der Waals surface area contributed by atoms with Crippen LogP contribution in [0.5, 0.6) is 5.75 Å². The van der Waals surface area contributed by atoms with Crippen LogP contribution in [0.25, 0.3) is 0 Å². The Labute approximate surface area is 214 Å². The summed E-state index contributed by atoms with van der Waals surface area (Å²) in [4.78, 5) is 4.78. The van der Waals surface area contributed by atoms with Gasteiger partial charge in [0, 0.05) is 38.3 Å². The molecule has 4 rings (SSSR count). The quantitative estimate of drug-likeness (QED) is 0.355. The highest BCUT2D eigenvalue weighted by Crippen LogP contribution is 2.37. The van der Waals surface area contributed by atoms with E-state index in [0.29, 0.717) is 11.8 Å². The Kier molecular flexibility index (Phi) is 8.74. The third kappa shape index (κ3) is 7.19. The fourth-order valence-electron chi connectivity index (χ4n) is 5.53. The number of benzene rings is 2. The number of hydrogen-bond donors (Lipinski definition) is 0. The summed E-state index contributed by atoms with van der Waals surface area (Å²) in [6.45, 7) is 3.32. The summed E-state index contributed by atoms with van der Waals surface area (Å²) in [6, 6.07) is 9.59. The first-order chi connectivity index (χ1) is 17.5. The molecule has 0 aromatic heterocycles. The molecule has 1 atom stereocenters. The van der Waals surface area contributed by atoms with Gasteiger partial charge >= 0.3 is 12.4 Å². The van der Waals surface area contributed by atoms with Gasteiger partial charge in [0.1, 0.15) is 5.75 Å². The van der Waals surface area contributed by atoms with Gasteiger partial charge in [-0.15, -0.1) is 0 Å². The third-order valence-electron chi connectivity index (χ3n) is 7.49. The highest BCUT2D eigenvalue weighted by molar-refractivity contribution is 5.36. The first kappa shape index (κ1) is 27.8. The van der Waals surface area contributed by atoms with Crippen molar-refractivity contribution in [2.24, 2.45) is 0 Å². The van der Waals surface area contributed by atoms with E-state index in [4.69, 9.17) is 4.74 Å². The van der Waals surface area contributed by atoms with Gasteiger partial charge in [-0.3, -0.25) is 9.80 Å². The van der Waals surface area contributed by atoms with E-state index >= 15 is 0 Å². The maximum Gasteiger partial charge on any atom is 0.416 e. The van der Waals surface area contributed by atoms with Crippen LogP contribution in [0.4, 0.5) is 26.3 Å². The second-order valence-corrected chi connectivity index (χ2v) is 9.94. The van der Waals surface area contributed by atoms with Gasteiger partial charge in [-0.05, 0) is 67.1 Å². The van der Waals surface area contributed by atoms with Gasteiger partial charge < -0.3 is 4.74 Å². The summed E-state index contributed by atoms with van der Waals surface area (Å²) in [6.07, 6.45) is -1.72. The fraction of sp³-hybridized carbons (Fsp3) is 0.536. The monoisotopic (exact) mass is 527 g/mol. The van der Waals surface area contributed by atoms with Crippen LogP contribution in [0.15, 0.2) is 42.5 Å². The van der Waals surface area contributed by atoms with E-state index in [1.54, 1.807) is 7.11 Å². The molecule has 0 amide bonds. The van der Waals surface area contributed by atoms with Crippen molar-refractivity contribution >= 4 is 0 Å². The second-order valence-electron chi connectivity index (χ2n) is 9.94. The summed E-state index contributed by atoms with van der Waals surface area (Å²) in [5.74, 6) is 0.648. The SMILES string of the molecule is COc1cccc(C([CH]Cc2cc(C(F)(F)F)cc(C(F)(F)F)c2)N2CCN(C3CCCCC3)CC2)c1. The molecule has 2 aliphatic rings. The molecule has 9 heteroatoms. The number of halogens is 6. The lowest BCUT2D eigenvalue weighted by Crippen LogP contribution is -2.51. The Bertz CT molecular complexity index is 992. The molecule has 1 saturated carbocycles. The molecule has 1 heterocycles. The molecule has 203 valence electrons. The lowest BCUT2D eigenvalue weighted by Gasteiger charge is -2.43. The molecule has 2 fully saturated rings. The Morgan fingerprint density at radius 2 is 1.49 bits per heavy atom. The van der Waals surface area contributed by atoms with E-state index in [-0.39, 0.29) is 24.1 Å². The number of nitrogens with zero attached hydrogens (tertiary/aromatic N) is 2. The molecule has 1 unspecified atom stereocenters. The zero-order valence-corrected chi connectivity index (χ0v) is 20.9. The van der Waals surface area contributed by atoms with Gasteiger partial charge in [0.25, 0.3) is 0 Å². The van der Waals surface area contributed by atoms with Crippen molar-refractivity contribution in [1.82, 2.24) is 9.80 Å². The van der Waals surface area contributed by atoms with Crippen LogP contribution in [0.1, 0.15) is 60.4 Å². The van der Waals surface area contributed by atoms with Crippen LogP contribution in [0.3, 0.4) is 0 Å². The minimum absolute atomic E-state index is 0.0177. The molecule has 37 heavy (non-hydrogen) atoms. The lowest BCUT2D eigenvalue weighted by atomic mass is 9.92. The number of piperazine rings is 1. The van der Waals surface area contributed by atoms with E-state index in [2.05, 4.69) is 9.80 Å². The van der Waals surface area contributed by atoms with Crippen LogP contribution >= 0.6 is 0 Å². The first-order valence-electron chi connectivity index (χ1n) is 12.8. The average molecular weight is 528 g/mol. The standard InChI is InChI=1S/C28H33F6N2O/c1-37-25-9-5-6-21(18-25)26(36-14-12-35(13-15-36)24-7-3-2-4-8-24)11-10-20-16-22(27(29,30)31)19-23(17-20)28(32,33)34/h5-6,9,11,16-19,24,26H,2-4,7-8,10,12-15H2,1H3. The molecule has 2 aromatic carbocycles. The van der Waals surface area contributed by atoms with Crippen molar-refractivity contribution in [1.29, 1.82) is 0 Å². The zero-order valence-electron chi connectivity index (χ0n) is 20.9. The predicted molar refractivity (Wildman–Crippen MR) is 130 cm³/mol. The van der Waals surface area contributed by atoms with Gasteiger partial charge in [0.05, 0.1) is 18.2 Å². The van der Waals surface area contributed by atoms with Crippen LogP contribution < -0.4 is 4.74 Å². The van der Waals surface area contributed by atoms with Crippen LogP contribution in [0.2, 0.25) is 0 Å². The number of ether oxygens (including phenoxy) is 1. The van der Waals surface area contributed by atoms with Gasteiger partial charge in [0.2, 0.25) is 0 Å². The van der Waals surface area contributed by atoms with Gasteiger partial charge in [0.15, 0.2) is 0 Å². The first-order valence-corrected chi connectivity index (χ1v) is 12.8. The molecule has 1 aliphatic heterocycles. The van der Waals surface area contributed by atoms with E-state index < -0.39 is 23.5 Å². The number of methoxy groups -OCH3 is 1. The summed E-state index contributed by atoms with van der Waals surface area (Å²) in [7, 11) is 1.56. The number of rotatable bonds is 7. The van der Waals surface area contributed by atoms with Crippen LogP contribution in [0, 0.1) is 6.42 Å². The Hall–Kier alpha value is -2.26. The van der Waals surface area contributed by atoms with Crippen molar-refractivity contribution in [3.63, 3.8) is 0 Å². The summed E-state index contributed by atoms with van der Waals surface area (Å²) in [5.41, 5.74) is -1.70. The summed E-state index contributed by atoms with van der Waals surface area (Å²) in [5, 5.41) is 0. The van der Waals surface area contributed by atoms with Crippen molar-refractivity contribution in [3.05, 3.63) is 71.1 Å². The minimum atomic E-state index is -4.86. The number of hydrogen-bond acceptors (Lipinski definition) is 3. The van der Waals surface area contributed by atoms with Crippen molar-refractivity contribution in [3.8, 4) is 5.75 Å². The van der Waals surface area contributed by atoms with E-state index in [1.807, 2.05) is 30.7 Å². The highest BCUT2D eigenvalue weighted by atomic mass is 19.4. The van der Waals surface area contributed by atoms with Crippen molar-refractivity contribution < 1.29 is 31.1 Å². The van der Waals surface area contributed by atoms with Gasteiger partial charge in [-0.25, -0.2) is 0 Å². The average Bonchev–Trinajstić information content (AvgIpc) is 2.88. The summed E-state index contributed by atoms with van der Waals surface area (Å²) >= 11 is 0. The predicted octanol–water partition coefficient (Wildman–Crippen LogP) is 7.17. The molecule has 2 aromatic rings. The Morgan fingerprint density at radius 3 is 2.05 bits per heavy atom. The molecule has 1 aliphatic carbocycles. The Morgan fingerprint density at radius 1 is 0.865 bits per heavy atom. The molecule has 0 bridgehead atoms. The highest BCUT2D eigenvalue weighted by Gasteiger charge is 2.37. The molecule has 0 spiro atoms. The molecule has 1 saturated heterocycles. The maximum absolute atomic E-state index is 13.4. The minimum Gasteiger partial charge on any atom is -0.497 e. The van der Waals surface area contributed by atoms with E-state index in [1.165, 1.54) is 32.1 Å². The van der Waals surface area contributed by atoms with Crippen LogP contribution in [-0.2, 0) is 18.8 Å². The van der Waals surface area contributed by atoms with Gasteiger partial charge in [-0.2, -0.15) is 26.3 Å². The Balaban J connectivity index is 1.55.